The number of amides is 3. The average molecular weight is 811 g/mol. The summed E-state index contributed by atoms with van der Waals surface area (Å²) in [5.41, 5.74) is 7.74. The number of rotatable bonds is 7. The molecule has 2 N–H and O–H groups in total. The van der Waals surface area contributed by atoms with E-state index in [1.54, 1.807) is 24.1 Å². The Morgan fingerprint density at radius 2 is 1.73 bits per heavy atom. The number of phenols is 1. The van der Waals surface area contributed by atoms with E-state index >= 15 is 4.39 Å². The largest absolute Gasteiger partial charge is 0.508 e. The van der Waals surface area contributed by atoms with Crippen LogP contribution in [0.25, 0.3) is 0 Å². The zero-order chi connectivity index (χ0) is 40.9. The summed E-state index contributed by atoms with van der Waals surface area (Å²) in [4.78, 5) is 44.1. The second-order valence-corrected chi connectivity index (χ2v) is 18.8. The van der Waals surface area contributed by atoms with Gasteiger partial charge >= 0.3 is 0 Å². The predicted octanol–water partition coefficient (Wildman–Crippen LogP) is 6.81. The molecule has 10 nitrogen and oxygen atoms in total. The van der Waals surface area contributed by atoms with Crippen molar-refractivity contribution < 1.29 is 33.4 Å². The summed E-state index contributed by atoms with van der Waals surface area (Å²) in [6.45, 7) is 5.70. The van der Waals surface area contributed by atoms with Crippen molar-refractivity contribution in [2.75, 3.05) is 51.3 Å². The number of carbonyl (C=O) groups excluding carboxylic acids is 3. The second-order valence-electron chi connectivity index (χ2n) is 18.8. The lowest BCUT2D eigenvalue weighted by Crippen LogP contribution is -2.64. The summed E-state index contributed by atoms with van der Waals surface area (Å²) in [7, 11) is 1.68. The number of hydrogen-bond acceptors (Lipinski definition) is 8. The molecule has 4 aromatic carbocycles. The fraction of sp³-hybridized carbons (Fsp3) is 0.449. The molecule has 0 unspecified atom stereocenters. The third kappa shape index (κ3) is 6.01. The molecule has 2 spiro atoms. The number of carbonyl (C=O) groups is 3. The normalized spacial score (nSPS) is 25.3. The van der Waals surface area contributed by atoms with Crippen LogP contribution in [0.15, 0.2) is 72.8 Å². The fourth-order valence-electron chi connectivity index (χ4n) is 12.4. The quantitative estimate of drug-likeness (QED) is 0.196. The van der Waals surface area contributed by atoms with Gasteiger partial charge in [-0.25, -0.2) is 4.39 Å². The number of anilines is 1. The van der Waals surface area contributed by atoms with Gasteiger partial charge in [0.05, 0.1) is 25.9 Å². The molecule has 11 heteroatoms. The smallest absolute Gasteiger partial charge is 0.255 e. The van der Waals surface area contributed by atoms with E-state index in [1.807, 2.05) is 30.3 Å². The van der Waals surface area contributed by atoms with Gasteiger partial charge in [-0.1, -0.05) is 42.5 Å². The molecule has 0 aromatic heterocycles. The number of methoxy groups -OCH3 is 1. The first-order valence-corrected chi connectivity index (χ1v) is 21.8. The Hall–Kier alpha value is -5.42. The first kappa shape index (κ1) is 37.6. The van der Waals surface area contributed by atoms with Crippen molar-refractivity contribution in [1.29, 1.82) is 0 Å². The summed E-state index contributed by atoms with van der Waals surface area (Å²) in [5.74, 6) is 1.39. The van der Waals surface area contributed by atoms with Crippen LogP contribution in [-0.4, -0.2) is 85.1 Å². The number of aryl methyl sites for hydroxylation is 1. The van der Waals surface area contributed by atoms with E-state index in [0.717, 1.165) is 99.3 Å². The molecule has 7 aliphatic rings. The van der Waals surface area contributed by atoms with Crippen LogP contribution in [0.5, 0.6) is 17.2 Å². The summed E-state index contributed by atoms with van der Waals surface area (Å²) < 4.78 is 28.8. The summed E-state index contributed by atoms with van der Waals surface area (Å²) >= 11 is 0. The maximum atomic E-state index is 16.3. The van der Waals surface area contributed by atoms with Crippen LogP contribution >= 0.6 is 0 Å². The Morgan fingerprint density at radius 3 is 2.50 bits per heavy atom. The molecule has 4 aromatic rings. The van der Waals surface area contributed by atoms with Crippen LogP contribution in [0.4, 0.5) is 10.1 Å². The van der Waals surface area contributed by atoms with Gasteiger partial charge in [0, 0.05) is 71.1 Å². The zero-order valence-corrected chi connectivity index (χ0v) is 34.1. The maximum absolute atomic E-state index is 16.3. The molecule has 1 saturated carbocycles. The highest BCUT2D eigenvalue weighted by atomic mass is 19.1. The fourth-order valence-corrected chi connectivity index (χ4v) is 12.4. The molecule has 5 heterocycles. The lowest BCUT2D eigenvalue weighted by Gasteiger charge is -2.60. The molecule has 310 valence electrons. The van der Waals surface area contributed by atoms with Gasteiger partial charge in [-0.05, 0) is 111 Å². The SMILES string of the molecule is COc1cc(N2CC3(CC(CN4CCC5(CC4)COc4c5ccc5c4CN([C@H]4CCC(=O)NC4=O)C5=O)C3)C2)c(F)cc1[C@@H]1c2ccc(O)cc2CC[C@@H]1c1ccccc1. The number of nitrogens with one attached hydrogen (secondary N) is 1. The molecule has 60 heavy (non-hydrogen) atoms. The molecule has 3 saturated heterocycles. The number of likely N-dealkylation sites (tertiary alicyclic amines) is 1. The lowest BCUT2D eigenvalue weighted by atomic mass is 9.57. The van der Waals surface area contributed by atoms with Crippen molar-refractivity contribution in [1.82, 2.24) is 15.1 Å². The molecule has 3 atom stereocenters. The first-order valence-electron chi connectivity index (χ1n) is 21.8. The Balaban J connectivity index is 0.722. The Morgan fingerprint density at radius 1 is 0.933 bits per heavy atom. The van der Waals surface area contributed by atoms with Crippen molar-refractivity contribution in [3.63, 3.8) is 0 Å². The van der Waals surface area contributed by atoms with Gasteiger partial charge in [0.25, 0.3) is 5.91 Å². The van der Waals surface area contributed by atoms with Crippen molar-refractivity contribution >= 4 is 23.4 Å². The van der Waals surface area contributed by atoms with Crippen molar-refractivity contribution in [3.05, 3.63) is 118 Å². The molecule has 0 bridgehead atoms. The number of piperidine rings is 2. The Kier molecular flexibility index (Phi) is 8.81. The number of aromatic hydroxyl groups is 1. The molecule has 0 radical (unpaired) electrons. The molecule has 2 aliphatic carbocycles. The van der Waals surface area contributed by atoms with Crippen LogP contribution in [0.1, 0.15) is 101 Å². The maximum Gasteiger partial charge on any atom is 0.255 e. The highest BCUT2D eigenvalue weighted by molar-refractivity contribution is 6.05. The van der Waals surface area contributed by atoms with Crippen LogP contribution in [0, 0.1) is 17.2 Å². The van der Waals surface area contributed by atoms with Gasteiger partial charge in [-0.3, -0.25) is 19.7 Å². The summed E-state index contributed by atoms with van der Waals surface area (Å²) in [6.07, 6.45) is 6.62. The van der Waals surface area contributed by atoms with Crippen LogP contribution < -0.4 is 19.7 Å². The lowest BCUT2D eigenvalue weighted by molar-refractivity contribution is -0.136. The zero-order valence-electron chi connectivity index (χ0n) is 34.1. The highest BCUT2D eigenvalue weighted by Crippen LogP contribution is 2.56. The van der Waals surface area contributed by atoms with Crippen LogP contribution in [0.3, 0.4) is 0 Å². The standard InChI is InChI=1S/C49H51FN4O6/c1-59-42-21-41(39(50)20-36(42)44-33(30-5-3-2-4-6-30)9-7-31-19-32(55)8-10-34(31)44)53-26-48(27-53)22-29(23-48)24-52-17-15-49(16-18-52)28-60-45-37-25-54(40-13-14-43(56)51-46(40)57)47(58)35(37)11-12-38(45)49/h2-6,8,10-12,19-21,29,33,40,44,55H,7,9,13-18,22-28H2,1H3,(H,51,56,57)/t33-,40+,44+/m1/s1. The molecule has 5 aliphatic heterocycles. The average Bonchev–Trinajstić information content (AvgIpc) is 3.75. The van der Waals surface area contributed by atoms with Gasteiger partial charge in [0.15, 0.2) is 0 Å². The van der Waals surface area contributed by atoms with Gasteiger partial charge in [-0.15, -0.1) is 0 Å². The molecule has 4 fully saturated rings. The van der Waals surface area contributed by atoms with E-state index in [0.29, 0.717) is 42.5 Å². The molecule has 3 amide bonds. The number of nitrogens with zero attached hydrogens (tertiary/aromatic N) is 3. The van der Waals surface area contributed by atoms with Gasteiger partial charge in [0.2, 0.25) is 11.8 Å². The summed E-state index contributed by atoms with van der Waals surface area (Å²) in [6, 6.07) is 23.1. The molecular weight excluding hydrogens is 760 g/mol. The minimum Gasteiger partial charge on any atom is -0.508 e. The number of benzene rings is 4. The van der Waals surface area contributed by atoms with Gasteiger partial charge in [0.1, 0.15) is 29.1 Å². The monoisotopic (exact) mass is 810 g/mol. The topological polar surface area (TPSA) is 112 Å². The minimum atomic E-state index is -0.640. The number of imide groups is 1. The van der Waals surface area contributed by atoms with Crippen molar-refractivity contribution in [2.45, 2.75) is 81.2 Å². The van der Waals surface area contributed by atoms with E-state index in [-0.39, 0.29) is 52.5 Å². The predicted molar refractivity (Wildman–Crippen MR) is 223 cm³/mol. The molecule has 11 rings (SSSR count). The van der Waals surface area contributed by atoms with E-state index in [9.17, 15) is 19.5 Å². The number of ether oxygens (including phenoxy) is 2. The van der Waals surface area contributed by atoms with Crippen molar-refractivity contribution in [2.24, 2.45) is 11.3 Å². The first-order chi connectivity index (χ1) is 29.1. The third-order valence-corrected chi connectivity index (χ3v) is 15.3. The van der Waals surface area contributed by atoms with Gasteiger partial charge in [-0.2, -0.15) is 0 Å². The highest BCUT2D eigenvalue weighted by Gasteiger charge is 2.54. The minimum absolute atomic E-state index is 0.0757. The van der Waals surface area contributed by atoms with Crippen molar-refractivity contribution in [3.8, 4) is 17.2 Å². The number of hydrogen-bond donors (Lipinski definition) is 2. The third-order valence-electron chi connectivity index (χ3n) is 15.3. The number of halogens is 1. The van der Waals surface area contributed by atoms with Crippen LogP contribution in [-0.2, 0) is 28.0 Å². The number of fused-ring (bicyclic) bond motifs is 5. The second kappa shape index (κ2) is 14.1. The van der Waals surface area contributed by atoms with Gasteiger partial charge < -0.3 is 29.3 Å². The summed E-state index contributed by atoms with van der Waals surface area (Å²) in [5, 5.41) is 12.7. The van der Waals surface area contributed by atoms with E-state index in [4.69, 9.17) is 9.47 Å². The number of phenolic OH excluding ortho intramolecular Hbond substituents is 1. The van der Waals surface area contributed by atoms with E-state index in [1.165, 1.54) is 11.1 Å². The Labute approximate surface area is 349 Å². The molecular formula is C49H51FN4O6. The van der Waals surface area contributed by atoms with E-state index < -0.39 is 11.9 Å². The van der Waals surface area contributed by atoms with Crippen LogP contribution in [0.2, 0.25) is 0 Å². The van der Waals surface area contributed by atoms with E-state index in [2.05, 4.69) is 45.4 Å². The Bertz CT molecular complexity index is 2420.